The van der Waals surface area contributed by atoms with Gasteiger partial charge < -0.3 is 15.3 Å². The molecule has 2 aromatic heterocycles. The second-order valence-corrected chi connectivity index (χ2v) is 6.79. The summed E-state index contributed by atoms with van der Waals surface area (Å²) < 4.78 is 7.03. The smallest absolute Gasteiger partial charge is 0.269 e. The summed E-state index contributed by atoms with van der Waals surface area (Å²) in [4.78, 5) is 15.8. The van der Waals surface area contributed by atoms with Crippen molar-refractivity contribution in [1.29, 1.82) is 0 Å². The Kier molecular flexibility index (Phi) is 4.41. The Morgan fingerprint density at radius 2 is 2.03 bits per heavy atom. The monoisotopic (exact) mass is 386 g/mol. The number of rotatable bonds is 3. The second-order valence-electron chi connectivity index (χ2n) is 6.79. The molecular formula is C22H18N4O3. The number of carbonyl (C=O) groups excluding carboxylic acids is 1. The normalized spacial score (nSPS) is 12.9. The first-order valence-electron chi connectivity index (χ1n) is 8.91. The summed E-state index contributed by atoms with van der Waals surface area (Å²) in [7, 11) is 0. The number of nitrogens with zero attached hydrogens (tertiary/aromatic N) is 3. The first-order valence-corrected chi connectivity index (χ1v) is 8.91. The number of benzene rings is 2. The molecule has 3 N–H and O–H groups in total. The zero-order valence-corrected chi connectivity index (χ0v) is 15.9. The molecule has 0 spiro atoms. The van der Waals surface area contributed by atoms with Gasteiger partial charge in [0.05, 0.1) is 17.4 Å². The molecule has 0 aliphatic carbocycles. The third-order valence-corrected chi connectivity index (χ3v) is 4.40. The molecule has 7 nitrogen and oxygen atoms in total. The van der Waals surface area contributed by atoms with Crippen molar-refractivity contribution in [3.05, 3.63) is 77.6 Å². The number of hydrogen-bond acceptors (Lipinski definition) is 5. The van der Waals surface area contributed by atoms with Crippen LogP contribution in [0.2, 0.25) is 0 Å². The van der Waals surface area contributed by atoms with Crippen LogP contribution in [0.4, 0.5) is 0 Å². The minimum Gasteiger partial charge on any atom is -0.442 e. The predicted molar refractivity (Wildman–Crippen MR) is 107 cm³/mol. The third-order valence-electron chi connectivity index (χ3n) is 4.40. The Hall–Kier alpha value is -3.89. The van der Waals surface area contributed by atoms with Gasteiger partial charge in [0.1, 0.15) is 5.76 Å². The van der Waals surface area contributed by atoms with E-state index in [1.54, 1.807) is 17.7 Å². The van der Waals surface area contributed by atoms with Crippen molar-refractivity contribution in [2.24, 2.45) is 5.73 Å². The molecule has 4 aromatic rings. The van der Waals surface area contributed by atoms with E-state index < -0.39 is 11.5 Å². The molecule has 2 heterocycles. The lowest BCUT2D eigenvalue weighted by Crippen LogP contribution is -2.18. The topological polar surface area (TPSA) is 107 Å². The quantitative estimate of drug-likeness (QED) is 0.527. The van der Waals surface area contributed by atoms with Crippen molar-refractivity contribution >= 4 is 16.8 Å². The van der Waals surface area contributed by atoms with E-state index in [0.717, 1.165) is 5.52 Å². The van der Waals surface area contributed by atoms with Crippen molar-refractivity contribution in [1.82, 2.24) is 14.8 Å². The van der Waals surface area contributed by atoms with Gasteiger partial charge in [-0.05, 0) is 38.1 Å². The van der Waals surface area contributed by atoms with Crippen molar-refractivity contribution < 1.29 is 14.3 Å². The minimum atomic E-state index is -1.53. The fraction of sp³-hybridized carbons (Fsp3) is 0.136. The lowest BCUT2D eigenvalue weighted by atomic mass is 10.1. The van der Waals surface area contributed by atoms with E-state index >= 15 is 0 Å². The number of nitrogens with two attached hydrogens (primary N) is 1. The van der Waals surface area contributed by atoms with E-state index in [0.29, 0.717) is 22.4 Å². The molecular weight excluding hydrogens is 368 g/mol. The highest BCUT2D eigenvalue weighted by Gasteiger charge is 2.26. The minimum absolute atomic E-state index is 0.142. The summed E-state index contributed by atoms with van der Waals surface area (Å²) in [5.74, 6) is 5.89. The lowest BCUT2D eigenvalue weighted by molar-refractivity contribution is 0.0882. The van der Waals surface area contributed by atoms with Crippen LogP contribution < -0.4 is 5.73 Å². The maximum Gasteiger partial charge on any atom is 0.269 e. The number of para-hydroxylation sites is 1. The van der Waals surface area contributed by atoms with Gasteiger partial charge in [0.25, 0.3) is 5.91 Å². The second kappa shape index (κ2) is 6.93. The van der Waals surface area contributed by atoms with Crippen LogP contribution in [0.5, 0.6) is 0 Å². The summed E-state index contributed by atoms with van der Waals surface area (Å²) >= 11 is 0. The van der Waals surface area contributed by atoms with Crippen LogP contribution >= 0.6 is 0 Å². The third kappa shape index (κ3) is 3.49. The van der Waals surface area contributed by atoms with Gasteiger partial charge in [0, 0.05) is 10.9 Å². The van der Waals surface area contributed by atoms with Gasteiger partial charge in [-0.3, -0.25) is 4.79 Å². The van der Waals surface area contributed by atoms with Crippen LogP contribution in [-0.4, -0.2) is 25.8 Å². The van der Waals surface area contributed by atoms with Crippen LogP contribution in [0, 0.1) is 18.8 Å². The number of carbonyl (C=O) groups is 1. The molecule has 1 amide bonds. The Labute approximate surface area is 166 Å². The number of aryl methyl sites for hydroxylation is 1. The average molecular weight is 386 g/mol. The highest BCUT2D eigenvalue weighted by molar-refractivity contribution is 6.04. The van der Waals surface area contributed by atoms with Gasteiger partial charge in [0.2, 0.25) is 5.89 Å². The fourth-order valence-electron chi connectivity index (χ4n) is 2.99. The van der Waals surface area contributed by atoms with Crippen LogP contribution in [0.3, 0.4) is 0 Å². The van der Waals surface area contributed by atoms with Crippen molar-refractivity contribution in [2.45, 2.75) is 19.4 Å². The molecule has 144 valence electrons. The van der Waals surface area contributed by atoms with Crippen LogP contribution in [0.1, 0.15) is 34.6 Å². The van der Waals surface area contributed by atoms with Crippen molar-refractivity contribution in [3.8, 4) is 17.5 Å². The molecule has 0 radical (unpaired) electrons. The summed E-state index contributed by atoms with van der Waals surface area (Å²) in [6.07, 6.45) is 1.53. The number of aromatic nitrogens is 3. The summed E-state index contributed by atoms with van der Waals surface area (Å²) in [6.45, 7) is 3.27. The zero-order chi connectivity index (χ0) is 20.6. The Balaban J connectivity index is 1.75. The molecule has 7 heteroatoms. The number of aliphatic hydroxyl groups is 1. The molecule has 2 aromatic carbocycles. The van der Waals surface area contributed by atoms with E-state index in [-0.39, 0.29) is 11.6 Å². The Morgan fingerprint density at radius 3 is 2.76 bits per heavy atom. The summed E-state index contributed by atoms with van der Waals surface area (Å²) in [6, 6.07) is 14.7. The first-order chi connectivity index (χ1) is 13.8. The number of hydrogen-bond donors (Lipinski definition) is 2. The number of fused-ring (bicyclic) bond motifs is 1. The number of oxazole rings is 1. The highest BCUT2D eigenvalue weighted by Crippen LogP contribution is 2.23. The van der Waals surface area contributed by atoms with Gasteiger partial charge in [-0.25, -0.2) is 9.67 Å². The van der Waals surface area contributed by atoms with E-state index in [9.17, 15) is 9.90 Å². The fourth-order valence-corrected chi connectivity index (χ4v) is 2.99. The van der Waals surface area contributed by atoms with E-state index in [2.05, 4.69) is 21.9 Å². The molecule has 0 saturated heterocycles. The molecule has 0 aliphatic heterocycles. The van der Waals surface area contributed by atoms with E-state index in [1.807, 2.05) is 42.5 Å². The summed E-state index contributed by atoms with van der Waals surface area (Å²) in [5, 5.41) is 15.6. The van der Waals surface area contributed by atoms with E-state index in [4.69, 9.17) is 10.2 Å². The average Bonchev–Trinajstić information content (AvgIpc) is 3.31. The molecule has 0 fully saturated rings. The van der Waals surface area contributed by atoms with Gasteiger partial charge >= 0.3 is 0 Å². The predicted octanol–water partition coefficient (Wildman–Crippen LogP) is 2.68. The van der Waals surface area contributed by atoms with Crippen LogP contribution in [0.25, 0.3) is 16.6 Å². The van der Waals surface area contributed by atoms with Crippen LogP contribution in [-0.2, 0) is 5.60 Å². The maximum absolute atomic E-state index is 11.8. The Morgan fingerprint density at radius 1 is 1.24 bits per heavy atom. The van der Waals surface area contributed by atoms with Gasteiger partial charge in [-0.15, -0.1) is 0 Å². The molecule has 0 aliphatic rings. The molecule has 0 unspecified atom stereocenters. The van der Waals surface area contributed by atoms with Crippen LogP contribution in [0.15, 0.2) is 59.1 Å². The first kappa shape index (κ1) is 18.5. The molecule has 1 atom stereocenters. The SMILES string of the molecule is Cc1cnc([C@](C)(O)C#Cc2cccc(-n3nc(C(N)=O)c4ccccc43)c2)o1. The van der Waals surface area contributed by atoms with Crippen molar-refractivity contribution in [3.63, 3.8) is 0 Å². The maximum atomic E-state index is 11.8. The highest BCUT2D eigenvalue weighted by atomic mass is 16.4. The molecule has 0 bridgehead atoms. The molecule has 4 rings (SSSR count). The standard InChI is InChI=1S/C22H18N4O3/c1-14-13-24-21(29-14)22(2,28)11-10-15-6-5-7-16(12-15)26-18-9-4-3-8-17(18)19(25-26)20(23)27/h3-9,12-13,28H,1-2H3,(H2,23,27)/t22-/m1/s1. The summed E-state index contributed by atoms with van der Waals surface area (Å²) in [5.41, 5.74) is 6.29. The molecule has 0 saturated carbocycles. The van der Waals surface area contributed by atoms with Gasteiger partial charge in [-0.1, -0.05) is 36.1 Å². The van der Waals surface area contributed by atoms with Gasteiger partial charge in [0.15, 0.2) is 11.3 Å². The van der Waals surface area contributed by atoms with Crippen molar-refractivity contribution in [2.75, 3.05) is 0 Å². The number of primary amides is 1. The Bertz CT molecular complexity index is 1290. The largest absolute Gasteiger partial charge is 0.442 e. The molecule has 29 heavy (non-hydrogen) atoms. The lowest BCUT2D eigenvalue weighted by Gasteiger charge is -2.11. The zero-order valence-electron chi connectivity index (χ0n) is 15.9. The van der Waals surface area contributed by atoms with Gasteiger partial charge in [-0.2, -0.15) is 5.10 Å². The van der Waals surface area contributed by atoms with E-state index in [1.165, 1.54) is 13.1 Å². The number of amides is 1.